The Balaban J connectivity index is 1.24. The Bertz CT molecular complexity index is 1190. The summed E-state index contributed by atoms with van der Waals surface area (Å²) in [6.07, 6.45) is 8.47. The molecule has 0 atom stereocenters. The highest BCUT2D eigenvalue weighted by Gasteiger charge is 2.38. The van der Waals surface area contributed by atoms with Gasteiger partial charge in [0.15, 0.2) is 0 Å². The number of nitrogens with zero attached hydrogens (tertiary/aromatic N) is 9. The third-order valence-electron chi connectivity index (χ3n) is 4.77. The van der Waals surface area contributed by atoms with Gasteiger partial charge in [-0.3, -0.25) is 0 Å². The number of hydrogen-bond donors (Lipinski definition) is 0. The summed E-state index contributed by atoms with van der Waals surface area (Å²) in [5.74, 6) is 0. The Kier molecular flexibility index (Phi) is 4.21. The molecule has 5 rings (SSSR count). The molecule has 0 N–H and O–H groups in total. The predicted octanol–water partition coefficient (Wildman–Crippen LogP) is 0.349. The average molecular weight is 411 g/mol. The number of hydrogen-bond acceptors (Lipinski definition) is 7. The molecule has 3 aromatic heterocycles. The van der Waals surface area contributed by atoms with Crippen LogP contribution in [0.3, 0.4) is 0 Å². The lowest BCUT2D eigenvalue weighted by atomic mass is 10.2. The van der Waals surface area contributed by atoms with Crippen molar-refractivity contribution in [3.63, 3.8) is 0 Å². The Morgan fingerprint density at radius 2 is 1.76 bits per heavy atom. The van der Waals surface area contributed by atoms with Crippen LogP contribution < -0.4 is 0 Å². The van der Waals surface area contributed by atoms with Crippen LogP contribution in [-0.2, 0) is 16.6 Å². The molecule has 0 aliphatic carbocycles. The monoisotopic (exact) mass is 411 g/mol. The van der Waals surface area contributed by atoms with Crippen LogP contribution in [0.25, 0.3) is 5.69 Å². The van der Waals surface area contributed by atoms with Gasteiger partial charge >= 0.3 is 0 Å². The van der Waals surface area contributed by atoms with Gasteiger partial charge in [-0.1, -0.05) is 5.21 Å². The van der Waals surface area contributed by atoms with Crippen LogP contribution >= 0.6 is 0 Å². The minimum atomic E-state index is -3.54. The lowest BCUT2D eigenvalue weighted by molar-refractivity contribution is 0.189. The summed E-state index contributed by atoms with van der Waals surface area (Å²) in [4.78, 5) is 1.77. The van der Waals surface area contributed by atoms with Gasteiger partial charge in [0.25, 0.3) is 0 Å². The first-order valence-electron chi connectivity index (χ1n) is 8.95. The van der Waals surface area contributed by atoms with E-state index in [4.69, 9.17) is 0 Å². The predicted molar refractivity (Wildman–Crippen MR) is 101 cm³/mol. The second kappa shape index (κ2) is 6.90. The molecule has 1 aromatic carbocycles. The second-order valence-electron chi connectivity index (χ2n) is 6.67. The lowest BCUT2D eigenvalue weighted by Crippen LogP contribution is -2.50. The topological polar surface area (TPSA) is 117 Å². The molecule has 11 nitrogen and oxygen atoms in total. The molecular formula is C17H17N9O2S. The van der Waals surface area contributed by atoms with Crippen molar-refractivity contribution >= 4 is 10.0 Å². The van der Waals surface area contributed by atoms with E-state index in [9.17, 15) is 8.42 Å². The molecule has 1 aliphatic heterocycles. The maximum Gasteiger partial charge on any atom is 0.243 e. The Morgan fingerprint density at radius 1 is 1.00 bits per heavy atom. The third-order valence-corrected chi connectivity index (χ3v) is 6.62. The van der Waals surface area contributed by atoms with Crippen LogP contribution in [-0.4, -0.2) is 65.6 Å². The zero-order chi connectivity index (χ0) is 19.8. The van der Waals surface area contributed by atoms with E-state index in [1.807, 2.05) is 6.07 Å². The fraction of sp³-hybridized carbons (Fsp3) is 0.235. The molecule has 0 spiro atoms. The maximum atomic E-state index is 12.8. The molecule has 1 aliphatic rings. The fourth-order valence-electron chi connectivity index (χ4n) is 3.16. The first kappa shape index (κ1) is 17.7. The largest absolute Gasteiger partial charge is 0.246 e. The molecule has 0 bridgehead atoms. The highest BCUT2D eigenvalue weighted by atomic mass is 32.2. The van der Waals surface area contributed by atoms with Crippen molar-refractivity contribution in [1.29, 1.82) is 0 Å². The molecule has 0 unspecified atom stereocenters. The van der Waals surface area contributed by atoms with Gasteiger partial charge in [0, 0.05) is 25.5 Å². The van der Waals surface area contributed by atoms with Gasteiger partial charge in [-0.25, -0.2) is 17.8 Å². The molecule has 148 valence electrons. The lowest BCUT2D eigenvalue weighted by Gasteiger charge is -2.37. The zero-order valence-corrected chi connectivity index (χ0v) is 16.0. The van der Waals surface area contributed by atoms with Gasteiger partial charge < -0.3 is 0 Å². The van der Waals surface area contributed by atoms with Crippen LogP contribution in [0.1, 0.15) is 11.7 Å². The summed E-state index contributed by atoms with van der Waals surface area (Å²) in [6.45, 7) is 1.13. The van der Waals surface area contributed by atoms with Crippen LogP contribution in [0.2, 0.25) is 0 Å². The average Bonchev–Trinajstić information content (AvgIpc) is 3.44. The molecule has 0 saturated carbocycles. The zero-order valence-electron chi connectivity index (χ0n) is 15.2. The molecule has 1 saturated heterocycles. The summed E-state index contributed by atoms with van der Waals surface area (Å²) in [5.41, 5.74) is 1.52. The van der Waals surface area contributed by atoms with Crippen molar-refractivity contribution in [2.45, 2.75) is 17.5 Å². The minimum absolute atomic E-state index is 0.0417. The van der Waals surface area contributed by atoms with E-state index in [0.717, 1.165) is 11.4 Å². The van der Waals surface area contributed by atoms with Crippen LogP contribution in [0, 0.1) is 0 Å². The molecule has 0 radical (unpaired) electrons. The summed E-state index contributed by atoms with van der Waals surface area (Å²) >= 11 is 0. The molecule has 29 heavy (non-hydrogen) atoms. The van der Waals surface area contributed by atoms with Crippen molar-refractivity contribution in [2.75, 3.05) is 13.1 Å². The van der Waals surface area contributed by atoms with E-state index >= 15 is 0 Å². The second-order valence-corrected chi connectivity index (χ2v) is 8.61. The van der Waals surface area contributed by atoms with E-state index in [-0.39, 0.29) is 10.9 Å². The van der Waals surface area contributed by atoms with Crippen LogP contribution in [0.4, 0.5) is 0 Å². The Labute approximate surface area is 166 Å². The van der Waals surface area contributed by atoms with E-state index in [0.29, 0.717) is 19.6 Å². The van der Waals surface area contributed by atoms with Crippen LogP contribution in [0.15, 0.2) is 66.2 Å². The normalized spacial score (nSPS) is 15.4. The molecule has 1 fully saturated rings. The van der Waals surface area contributed by atoms with Gasteiger partial charge in [-0.05, 0) is 30.3 Å². The Hall–Kier alpha value is -3.38. The first-order chi connectivity index (χ1) is 14.1. The van der Waals surface area contributed by atoms with Crippen molar-refractivity contribution in [2.24, 2.45) is 0 Å². The van der Waals surface area contributed by atoms with Crippen molar-refractivity contribution < 1.29 is 8.42 Å². The van der Waals surface area contributed by atoms with Gasteiger partial charge in [0.2, 0.25) is 10.0 Å². The van der Waals surface area contributed by atoms with Gasteiger partial charge in [-0.2, -0.15) is 24.4 Å². The van der Waals surface area contributed by atoms with Crippen molar-refractivity contribution in [3.8, 4) is 5.69 Å². The number of rotatable bonds is 6. The minimum Gasteiger partial charge on any atom is -0.246 e. The van der Waals surface area contributed by atoms with E-state index < -0.39 is 10.0 Å². The SMILES string of the molecule is O=S(=O)(c1ccc(-n2cccn2)cc1)N1CC(n2cc(Cn3nccn3)nn2)C1. The maximum absolute atomic E-state index is 12.8. The summed E-state index contributed by atoms with van der Waals surface area (Å²) < 4.78 is 30.5. The molecule has 0 amide bonds. The molecule has 4 heterocycles. The van der Waals surface area contributed by atoms with E-state index in [1.165, 1.54) is 9.10 Å². The van der Waals surface area contributed by atoms with Gasteiger partial charge in [-0.15, -0.1) is 5.10 Å². The van der Waals surface area contributed by atoms with E-state index in [2.05, 4.69) is 25.6 Å². The highest BCUT2D eigenvalue weighted by Crippen LogP contribution is 2.28. The van der Waals surface area contributed by atoms with Crippen LogP contribution in [0.5, 0.6) is 0 Å². The Morgan fingerprint density at radius 3 is 2.45 bits per heavy atom. The standard InChI is InChI=1S/C17H17N9O2S/c27-29(28,17-4-2-15(3-5-17)24-9-1-6-18-24)23-12-16(13-23)25-10-14(21-22-25)11-26-19-7-8-20-26/h1-10,16H,11-13H2. The summed E-state index contributed by atoms with van der Waals surface area (Å²) in [5, 5.41) is 20.4. The van der Waals surface area contributed by atoms with Gasteiger partial charge in [0.1, 0.15) is 12.2 Å². The third kappa shape index (κ3) is 3.32. The summed E-state index contributed by atoms with van der Waals surface area (Å²) in [7, 11) is -3.54. The first-order valence-corrected chi connectivity index (χ1v) is 10.4. The quantitative estimate of drug-likeness (QED) is 0.449. The smallest absolute Gasteiger partial charge is 0.243 e. The number of benzene rings is 1. The van der Waals surface area contributed by atoms with Crippen molar-refractivity contribution in [3.05, 3.63) is 67.0 Å². The highest BCUT2D eigenvalue weighted by molar-refractivity contribution is 7.89. The number of sulfonamides is 1. The molecule has 12 heteroatoms. The molecular weight excluding hydrogens is 394 g/mol. The number of aromatic nitrogens is 8. The molecule has 4 aromatic rings. The van der Waals surface area contributed by atoms with Gasteiger partial charge in [0.05, 0.1) is 35.2 Å². The fourth-order valence-corrected chi connectivity index (χ4v) is 4.67. The van der Waals surface area contributed by atoms with E-state index in [1.54, 1.807) is 64.6 Å². The van der Waals surface area contributed by atoms with Crippen molar-refractivity contribution in [1.82, 2.24) is 44.1 Å². The summed E-state index contributed by atoms with van der Waals surface area (Å²) in [6, 6.07) is 8.45.